The highest BCUT2D eigenvalue weighted by Gasteiger charge is 2.32. The first kappa shape index (κ1) is 14.6. The molecule has 23 heavy (non-hydrogen) atoms. The zero-order valence-corrected chi connectivity index (χ0v) is 13.9. The maximum atomic E-state index is 6.15. The molecule has 4 rings (SSSR count). The van der Waals surface area contributed by atoms with Gasteiger partial charge < -0.3 is 10.1 Å². The van der Waals surface area contributed by atoms with E-state index in [2.05, 4.69) is 42.6 Å². The fraction of sp³-hybridized carbons (Fsp3) is 0.429. The van der Waals surface area contributed by atoms with E-state index in [0.717, 1.165) is 17.2 Å². The van der Waals surface area contributed by atoms with Gasteiger partial charge in [0, 0.05) is 0 Å². The molecule has 120 valence electrons. The maximum Gasteiger partial charge on any atom is 0.151 e. The van der Waals surface area contributed by atoms with Crippen LogP contribution in [0.5, 0.6) is 11.5 Å². The van der Waals surface area contributed by atoms with Gasteiger partial charge in [0.05, 0.1) is 11.4 Å². The number of anilines is 2. The third-order valence-electron chi connectivity index (χ3n) is 5.50. The van der Waals surface area contributed by atoms with E-state index >= 15 is 0 Å². The molecule has 0 saturated heterocycles. The normalized spacial score (nSPS) is 19.3. The Hall–Kier alpha value is -1.96. The molecule has 2 nitrogen and oxygen atoms in total. The lowest BCUT2D eigenvalue weighted by atomic mass is 9.72. The Labute approximate surface area is 138 Å². The van der Waals surface area contributed by atoms with Crippen LogP contribution in [0.25, 0.3) is 0 Å². The first-order valence-corrected chi connectivity index (χ1v) is 8.94. The fourth-order valence-corrected chi connectivity index (χ4v) is 4.12. The number of benzene rings is 2. The summed E-state index contributed by atoms with van der Waals surface area (Å²) in [6.45, 7) is 2.44. The van der Waals surface area contributed by atoms with Crippen molar-refractivity contribution in [2.45, 2.75) is 57.3 Å². The highest BCUT2D eigenvalue weighted by Crippen LogP contribution is 2.49. The van der Waals surface area contributed by atoms with Crippen molar-refractivity contribution in [1.29, 1.82) is 0 Å². The van der Waals surface area contributed by atoms with Gasteiger partial charge >= 0.3 is 0 Å². The van der Waals surface area contributed by atoms with Crippen molar-refractivity contribution in [2.75, 3.05) is 5.32 Å². The summed E-state index contributed by atoms with van der Waals surface area (Å²) in [7, 11) is 0. The van der Waals surface area contributed by atoms with E-state index in [0.29, 0.717) is 0 Å². The van der Waals surface area contributed by atoms with Crippen molar-refractivity contribution in [2.24, 2.45) is 0 Å². The number of fused-ring (bicyclic) bond motifs is 2. The van der Waals surface area contributed by atoms with Gasteiger partial charge in [-0.15, -0.1) is 0 Å². The zero-order valence-electron chi connectivity index (χ0n) is 13.9. The van der Waals surface area contributed by atoms with Gasteiger partial charge in [-0.25, -0.2) is 0 Å². The average Bonchev–Trinajstić information content (AvgIpc) is 2.56. The fourth-order valence-electron chi connectivity index (χ4n) is 4.12. The number of para-hydroxylation sites is 3. The van der Waals surface area contributed by atoms with Crippen molar-refractivity contribution in [3.63, 3.8) is 0 Å². The van der Waals surface area contributed by atoms with Gasteiger partial charge in [0.25, 0.3) is 0 Å². The zero-order chi connectivity index (χ0) is 15.7. The number of rotatable bonds is 1. The third kappa shape index (κ3) is 2.71. The molecule has 1 fully saturated rings. The molecule has 0 aromatic heterocycles. The van der Waals surface area contributed by atoms with Crippen LogP contribution in [0.4, 0.5) is 11.4 Å². The molecule has 1 aliphatic carbocycles. The van der Waals surface area contributed by atoms with Gasteiger partial charge in [0.15, 0.2) is 11.5 Å². The second-order valence-corrected chi connectivity index (χ2v) is 7.23. The van der Waals surface area contributed by atoms with Crippen molar-refractivity contribution in [3.8, 4) is 11.5 Å². The van der Waals surface area contributed by atoms with Crippen LogP contribution in [0.2, 0.25) is 0 Å². The smallest absolute Gasteiger partial charge is 0.151 e. The van der Waals surface area contributed by atoms with E-state index in [4.69, 9.17) is 4.74 Å². The minimum atomic E-state index is 0.244. The molecule has 1 saturated carbocycles. The molecular formula is C21H25NO. The third-order valence-corrected chi connectivity index (χ3v) is 5.50. The molecule has 2 aromatic rings. The number of hydrogen-bond acceptors (Lipinski definition) is 2. The van der Waals surface area contributed by atoms with Crippen LogP contribution < -0.4 is 10.1 Å². The molecule has 1 N–H and O–H groups in total. The monoisotopic (exact) mass is 307 g/mol. The highest BCUT2D eigenvalue weighted by molar-refractivity contribution is 5.78. The van der Waals surface area contributed by atoms with Crippen molar-refractivity contribution in [3.05, 3.63) is 48.0 Å². The summed E-state index contributed by atoms with van der Waals surface area (Å²) in [6.07, 6.45) is 9.35. The van der Waals surface area contributed by atoms with Gasteiger partial charge in [-0.2, -0.15) is 0 Å². The Morgan fingerprint density at radius 1 is 0.826 bits per heavy atom. The van der Waals surface area contributed by atoms with Crippen molar-refractivity contribution in [1.82, 2.24) is 0 Å². The average molecular weight is 307 g/mol. The molecule has 0 bridgehead atoms. The molecule has 1 aliphatic heterocycles. The van der Waals surface area contributed by atoms with E-state index in [1.54, 1.807) is 0 Å². The SMILES string of the molecule is CC1(c2cccc3c2Nc2ccccc2O3)CCCCCCC1. The molecule has 0 unspecified atom stereocenters. The summed E-state index contributed by atoms with van der Waals surface area (Å²) < 4.78 is 6.15. The van der Waals surface area contributed by atoms with Crippen molar-refractivity contribution >= 4 is 11.4 Å². The van der Waals surface area contributed by atoms with Crippen LogP contribution in [0.3, 0.4) is 0 Å². The van der Waals surface area contributed by atoms with Crippen LogP contribution in [0, 0.1) is 0 Å². The minimum Gasteiger partial charge on any atom is -0.453 e. The summed E-state index contributed by atoms with van der Waals surface area (Å²) in [5.74, 6) is 1.88. The van der Waals surface area contributed by atoms with Gasteiger partial charge in [0.1, 0.15) is 0 Å². The van der Waals surface area contributed by atoms with Crippen LogP contribution in [0.1, 0.15) is 57.4 Å². The Morgan fingerprint density at radius 2 is 1.52 bits per heavy atom. The van der Waals surface area contributed by atoms with Gasteiger partial charge in [-0.1, -0.05) is 63.3 Å². The van der Waals surface area contributed by atoms with Crippen molar-refractivity contribution < 1.29 is 4.74 Å². The Bertz CT molecular complexity index is 699. The summed E-state index contributed by atoms with van der Waals surface area (Å²) in [5.41, 5.74) is 3.91. The van der Waals surface area contributed by atoms with Gasteiger partial charge in [-0.05, 0) is 42.0 Å². The topological polar surface area (TPSA) is 21.3 Å². The van der Waals surface area contributed by atoms with Crippen LogP contribution in [-0.2, 0) is 5.41 Å². The van der Waals surface area contributed by atoms with E-state index in [1.165, 1.54) is 56.2 Å². The maximum absolute atomic E-state index is 6.15. The largest absolute Gasteiger partial charge is 0.453 e. The quantitative estimate of drug-likeness (QED) is 0.551. The lowest BCUT2D eigenvalue weighted by Gasteiger charge is -2.35. The second kappa shape index (κ2) is 5.92. The molecule has 1 heterocycles. The predicted octanol–water partition coefficient (Wildman–Crippen LogP) is 6.54. The number of hydrogen-bond donors (Lipinski definition) is 1. The lowest BCUT2D eigenvalue weighted by molar-refractivity contribution is 0.340. The van der Waals surface area contributed by atoms with Crippen LogP contribution >= 0.6 is 0 Å². The molecule has 0 atom stereocenters. The van der Waals surface area contributed by atoms with E-state index in [9.17, 15) is 0 Å². The molecule has 0 amide bonds. The van der Waals surface area contributed by atoms with Crippen LogP contribution in [0.15, 0.2) is 42.5 Å². The van der Waals surface area contributed by atoms with E-state index in [-0.39, 0.29) is 5.41 Å². The van der Waals surface area contributed by atoms with Crippen LogP contribution in [-0.4, -0.2) is 0 Å². The first-order chi connectivity index (χ1) is 11.3. The Balaban J connectivity index is 1.74. The standard InChI is InChI=1S/C21H25NO/c1-21(14-7-3-2-4-8-15-21)16-10-9-13-19-20(16)22-17-11-5-6-12-18(17)23-19/h5-6,9-13,22H,2-4,7-8,14-15H2,1H3. The van der Waals surface area contributed by atoms with Gasteiger partial charge in [-0.3, -0.25) is 0 Å². The molecular weight excluding hydrogens is 282 g/mol. The Kier molecular flexibility index (Phi) is 3.76. The minimum absolute atomic E-state index is 0.244. The molecule has 2 aliphatic rings. The number of ether oxygens (including phenoxy) is 1. The van der Waals surface area contributed by atoms with Gasteiger partial charge in [0.2, 0.25) is 0 Å². The number of nitrogens with one attached hydrogen (secondary N) is 1. The van der Waals surface area contributed by atoms with E-state index < -0.39 is 0 Å². The predicted molar refractivity (Wildman–Crippen MR) is 95.9 cm³/mol. The molecule has 2 aromatic carbocycles. The summed E-state index contributed by atoms with van der Waals surface area (Å²) in [5, 5.41) is 3.64. The molecule has 2 heteroatoms. The molecule has 0 radical (unpaired) electrons. The second-order valence-electron chi connectivity index (χ2n) is 7.23. The molecule has 0 spiro atoms. The summed E-state index contributed by atoms with van der Waals surface area (Å²) in [4.78, 5) is 0. The lowest BCUT2D eigenvalue weighted by Crippen LogP contribution is -2.25. The Morgan fingerprint density at radius 3 is 2.35 bits per heavy atom. The highest BCUT2D eigenvalue weighted by atomic mass is 16.5. The van der Waals surface area contributed by atoms with E-state index in [1.807, 2.05) is 12.1 Å². The first-order valence-electron chi connectivity index (χ1n) is 8.94. The summed E-state index contributed by atoms with van der Waals surface area (Å²) >= 11 is 0. The summed E-state index contributed by atoms with van der Waals surface area (Å²) in [6, 6.07) is 14.7.